The van der Waals surface area contributed by atoms with Gasteiger partial charge in [0.15, 0.2) is 0 Å². The van der Waals surface area contributed by atoms with Crippen molar-refractivity contribution in [1.82, 2.24) is 0 Å². The molecule has 0 aliphatic heterocycles. The van der Waals surface area contributed by atoms with Crippen LogP contribution in [0.2, 0.25) is 0 Å². The van der Waals surface area contributed by atoms with Crippen molar-refractivity contribution in [3.63, 3.8) is 0 Å². The van der Waals surface area contributed by atoms with Crippen LogP contribution in [0.15, 0.2) is 24.3 Å². The Hall–Kier alpha value is -1.17. The van der Waals surface area contributed by atoms with Crippen LogP contribution in [-0.2, 0) is 4.79 Å². The van der Waals surface area contributed by atoms with Gasteiger partial charge in [-0.2, -0.15) is 0 Å². The molecule has 1 saturated carbocycles. The molecule has 5 nitrogen and oxygen atoms in total. The van der Waals surface area contributed by atoms with Gasteiger partial charge in [-0.25, -0.2) is 4.79 Å². The van der Waals surface area contributed by atoms with E-state index in [1.807, 2.05) is 6.08 Å². The van der Waals surface area contributed by atoms with Gasteiger partial charge in [0.05, 0.1) is 0 Å². The molecule has 2 unspecified atom stereocenters. The van der Waals surface area contributed by atoms with E-state index in [9.17, 15) is 20.1 Å². The number of aliphatic hydroxyl groups is 3. The van der Waals surface area contributed by atoms with E-state index < -0.39 is 17.9 Å². The Kier molecular flexibility index (Phi) is 10.9. The highest BCUT2D eigenvalue weighted by Gasteiger charge is 2.40. The minimum Gasteiger partial charge on any atom is -0.477 e. The van der Waals surface area contributed by atoms with Crippen molar-refractivity contribution in [2.45, 2.75) is 89.9 Å². The molecule has 0 amide bonds. The number of rotatable bonds is 13. The second-order valence-electron chi connectivity index (χ2n) is 8.07. The first kappa shape index (κ1) is 23.9. The molecule has 1 aliphatic rings. The molecule has 0 radical (unpaired) electrons. The zero-order valence-corrected chi connectivity index (χ0v) is 16.9. The van der Waals surface area contributed by atoms with E-state index in [1.165, 1.54) is 44.9 Å². The van der Waals surface area contributed by atoms with Crippen LogP contribution in [0.1, 0.15) is 78.1 Å². The minimum absolute atomic E-state index is 0.0945. The molecule has 0 spiro atoms. The summed E-state index contributed by atoms with van der Waals surface area (Å²) in [5, 5.41) is 36.8. The van der Waals surface area contributed by atoms with Crippen molar-refractivity contribution in [3.8, 4) is 0 Å². The summed E-state index contributed by atoms with van der Waals surface area (Å²) in [6, 6.07) is 0. The summed E-state index contributed by atoms with van der Waals surface area (Å²) in [6.45, 7) is 4.56. The normalized spacial score (nSPS) is 23.3. The van der Waals surface area contributed by atoms with E-state index >= 15 is 0 Å². The summed E-state index contributed by atoms with van der Waals surface area (Å²) in [7, 11) is 0. The zero-order chi connectivity index (χ0) is 20.3. The Labute approximate surface area is 163 Å². The standard InChI is InChI=1S/C22H38O5/c1-3-17(2)11-6-4-5-7-12-18-14-10-15-19(18)13-8-9-16-20(23)22(26,27)21(24)25/h7-9,12,17-20,23,26-27H,3-6,10-11,13-16H2,1-2H3,(H,24,25)/b9-8-,12-7+/t17?,18-,19-,20?/m0/s1. The number of allylic oxidation sites excluding steroid dienone is 3. The first-order valence-electron chi connectivity index (χ1n) is 10.5. The van der Waals surface area contributed by atoms with E-state index in [0.717, 1.165) is 18.8 Å². The van der Waals surface area contributed by atoms with Crippen molar-refractivity contribution in [3.05, 3.63) is 24.3 Å². The van der Waals surface area contributed by atoms with Gasteiger partial charge >= 0.3 is 5.97 Å². The van der Waals surface area contributed by atoms with Crippen LogP contribution in [0, 0.1) is 17.8 Å². The van der Waals surface area contributed by atoms with E-state index in [4.69, 9.17) is 5.11 Å². The molecule has 1 aliphatic carbocycles. The van der Waals surface area contributed by atoms with Crippen LogP contribution in [0.5, 0.6) is 0 Å². The molecule has 1 rings (SSSR count). The highest BCUT2D eigenvalue weighted by Crippen LogP contribution is 2.35. The van der Waals surface area contributed by atoms with Crippen molar-refractivity contribution in [2.75, 3.05) is 0 Å². The number of hydrogen-bond acceptors (Lipinski definition) is 4. The number of carboxylic acids is 1. The molecule has 5 heteroatoms. The monoisotopic (exact) mass is 382 g/mol. The Morgan fingerprint density at radius 3 is 2.59 bits per heavy atom. The molecule has 0 heterocycles. The maximum Gasteiger partial charge on any atom is 0.366 e. The van der Waals surface area contributed by atoms with E-state index in [0.29, 0.717) is 11.8 Å². The molecule has 156 valence electrons. The van der Waals surface area contributed by atoms with Gasteiger partial charge in [-0.05, 0) is 56.3 Å². The third-order valence-electron chi connectivity index (χ3n) is 5.86. The lowest BCUT2D eigenvalue weighted by Crippen LogP contribution is -2.49. The second-order valence-corrected chi connectivity index (χ2v) is 8.07. The molecule has 0 bridgehead atoms. The molecule has 4 N–H and O–H groups in total. The molecule has 0 aromatic carbocycles. The molecule has 0 saturated heterocycles. The summed E-state index contributed by atoms with van der Waals surface area (Å²) in [6.07, 6.45) is 17.2. The quantitative estimate of drug-likeness (QED) is 0.219. The molecular weight excluding hydrogens is 344 g/mol. The summed E-state index contributed by atoms with van der Waals surface area (Å²) >= 11 is 0. The van der Waals surface area contributed by atoms with Gasteiger partial charge in [-0.1, -0.05) is 63.8 Å². The van der Waals surface area contributed by atoms with Crippen LogP contribution >= 0.6 is 0 Å². The predicted octanol–water partition coefficient (Wildman–Crippen LogP) is 4.03. The largest absolute Gasteiger partial charge is 0.477 e. The number of carboxylic acid groups (broad SMARTS) is 1. The predicted molar refractivity (Wildman–Crippen MR) is 107 cm³/mol. The molecule has 4 atom stereocenters. The van der Waals surface area contributed by atoms with Gasteiger partial charge < -0.3 is 20.4 Å². The van der Waals surface area contributed by atoms with E-state index in [-0.39, 0.29) is 6.42 Å². The van der Waals surface area contributed by atoms with Gasteiger partial charge in [0.1, 0.15) is 6.10 Å². The highest BCUT2D eigenvalue weighted by atomic mass is 16.6. The lowest BCUT2D eigenvalue weighted by atomic mass is 9.91. The Balaban J connectivity index is 2.30. The van der Waals surface area contributed by atoms with Crippen LogP contribution < -0.4 is 0 Å². The average molecular weight is 383 g/mol. The fourth-order valence-electron chi connectivity index (χ4n) is 3.64. The molecule has 0 aromatic rings. The van der Waals surface area contributed by atoms with Crippen LogP contribution in [0.25, 0.3) is 0 Å². The summed E-state index contributed by atoms with van der Waals surface area (Å²) < 4.78 is 0. The third kappa shape index (κ3) is 8.58. The average Bonchev–Trinajstić information content (AvgIpc) is 3.08. The van der Waals surface area contributed by atoms with Crippen LogP contribution in [-0.4, -0.2) is 38.3 Å². The first-order valence-corrected chi connectivity index (χ1v) is 10.5. The molecule has 0 aromatic heterocycles. The summed E-state index contributed by atoms with van der Waals surface area (Å²) in [5.41, 5.74) is 0. The Morgan fingerprint density at radius 1 is 1.19 bits per heavy atom. The van der Waals surface area contributed by atoms with Gasteiger partial charge in [-0.15, -0.1) is 0 Å². The van der Waals surface area contributed by atoms with Gasteiger partial charge in [-0.3, -0.25) is 0 Å². The molecule has 27 heavy (non-hydrogen) atoms. The zero-order valence-electron chi connectivity index (χ0n) is 16.9. The van der Waals surface area contributed by atoms with E-state index in [1.54, 1.807) is 6.08 Å². The van der Waals surface area contributed by atoms with Crippen molar-refractivity contribution < 1.29 is 25.2 Å². The van der Waals surface area contributed by atoms with Crippen molar-refractivity contribution in [1.29, 1.82) is 0 Å². The minimum atomic E-state index is -3.10. The van der Waals surface area contributed by atoms with Crippen LogP contribution in [0.4, 0.5) is 0 Å². The first-order chi connectivity index (χ1) is 12.8. The Morgan fingerprint density at radius 2 is 1.93 bits per heavy atom. The summed E-state index contributed by atoms with van der Waals surface area (Å²) in [4.78, 5) is 10.7. The van der Waals surface area contributed by atoms with Gasteiger partial charge in [0.2, 0.25) is 0 Å². The number of aliphatic hydroxyl groups excluding tert-OH is 1. The number of carbonyl (C=O) groups is 1. The number of unbranched alkanes of at least 4 members (excludes halogenated alkanes) is 2. The van der Waals surface area contributed by atoms with E-state index in [2.05, 4.69) is 26.0 Å². The Bertz CT molecular complexity index is 483. The fourth-order valence-corrected chi connectivity index (χ4v) is 3.64. The smallest absolute Gasteiger partial charge is 0.366 e. The van der Waals surface area contributed by atoms with Gasteiger partial charge in [0, 0.05) is 0 Å². The van der Waals surface area contributed by atoms with Crippen LogP contribution in [0.3, 0.4) is 0 Å². The topological polar surface area (TPSA) is 98.0 Å². The lowest BCUT2D eigenvalue weighted by Gasteiger charge is -2.21. The van der Waals surface area contributed by atoms with Gasteiger partial charge in [0.25, 0.3) is 5.79 Å². The lowest BCUT2D eigenvalue weighted by molar-refractivity contribution is -0.235. The maximum atomic E-state index is 10.7. The highest BCUT2D eigenvalue weighted by molar-refractivity contribution is 5.75. The number of aliphatic carboxylic acids is 1. The second kappa shape index (κ2) is 12.3. The van der Waals surface area contributed by atoms with Crippen molar-refractivity contribution in [2.24, 2.45) is 17.8 Å². The van der Waals surface area contributed by atoms with Crippen molar-refractivity contribution >= 4 is 5.97 Å². The molecule has 1 fully saturated rings. The third-order valence-corrected chi connectivity index (χ3v) is 5.86. The SMILES string of the molecule is CCC(C)CCCC/C=C/[C@H]1CCC[C@@H]1C/C=C\CC(O)C(O)(O)C(=O)O. The fraction of sp³-hybridized carbons (Fsp3) is 0.773. The number of hydrogen-bond donors (Lipinski definition) is 4. The summed E-state index contributed by atoms with van der Waals surface area (Å²) in [5.74, 6) is -2.95. The molecular formula is C22H38O5. The maximum absolute atomic E-state index is 10.7.